The molecule has 0 radical (unpaired) electrons. The summed E-state index contributed by atoms with van der Waals surface area (Å²) in [6.45, 7) is 4.71. The van der Waals surface area contributed by atoms with Crippen LogP contribution in [0.1, 0.15) is 18.5 Å². The van der Waals surface area contributed by atoms with Crippen molar-refractivity contribution in [3.8, 4) is 11.6 Å². The first-order chi connectivity index (χ1) is 9.72. The fraction of sp³-hybridized carbons (Fsp3) is 0.467. The van der Waals surface area contributed by atoms with E-state index in [0.29, 0.717) is 23.9 Å². The second kappa shape index (κ2) is 5.63. The number of aromatic nitrogens is 2. The third-order valence-electron chi connectivity index (χ3n) is 3.69. The van der Waals surface area contributed by atoms with Gasteiger partial charge in [0.25, 0.3) is 0 Å². The third kappa shape index (κ3) is 2.82. The summed E-state index contributed by atoms with van der Waals surface area (Å²) in [5.41, 5.74) is 2.20. The van der Waals surface area contributed by atoms with Crippen LogP contribution in [0.15, 0.2) is 18.2 Å². The summed E-state index contributed by atoms with van der Waals surface area (Å²) < 4.78 is 5.85. The van der Waals surface area contributed by atoms with Crippen molar-refractivity contribution in [2.75, 3.05) is 19.7 Å². The van der Waals surface area contributed by atoms with Gasteiger partial charge in [-0.05, 0) is 50.9 Å². The normalized spacial score (nSPS) is 16.4. The highest BCUT2D eigenvalue weighted by Gasteiger charge is 2.15. The van der Waals surface area contributed by atoms with E-state index in [4.69, 9.17) is 4.74 Å². The fourth-order valence-corrected chi connectivity index (χ4v) is 2.50. The number of nitrogens with one attached hydrogen (secondary N) is 1. The van der Waals surface area contributed by atoms with E-state index in [1.807, 2.05) is 6.92 Å². The number of aryl methyl sites for hydroxylation is 1. The van der Waals surface area contributed by atoms with Gasteiger partial charge in [-0.1, -0.05) is 0 Å². The van der Waals surface area contributed by atoms with Crippen LogP contribution >= 0.6 is 0 Å². The van der Waals surface area contributed by atoms with E-state index < -0.39 is 0 Å². The van der Waals surface area contributed by atoms with E-state index in [0.717, 1.165) is 37.1 Å². The standard InChI is InChI=1S/C15H19N3O2/c1-10-15(20-9-11-4-6-16-7-5-11)18-13-3-2-12(19)8-14(13)17-10/h2-3,8,11,16,19H,4-7,9H2,1H3. The van der Waals surface area contributed by atoms with E-state index in [2.05, 4.69) is 15.3 Å². The smallest absolute Gasteiger partial charge is 0.235 e. The Bertz CT molecular complexity index is 609. The number of piperidine rings is 1. The van der Waals surface area contributed by atoms with Crippen molar-refractivity contribution in [3.63, 3.8) is 0 Å². The molecule has 2 N–H and O–H groups in total. The number of fused-ring (bicyclic) bond motifs is 1. The maximum atomic E-state index is 9.46. The van der Waals surface area contributed by atoms with E-state index in [-0.39, 0.29) is 5.75 Å². The summed E-state index contributed by atoms with van der Waals surface area (Å²) in [6.07, 6.45) is 2.29. The minimum Gasteiger partial charge on any atom is -0.508 e. The molecule has 20 heavy (non-hydrogen) atoms. The second-order valence-corrected chi connectivity index (χ2v) is 5.29. The molecule has 5 nitrogen and oxygen atoms in total. The van der Waals surface area contributed by atoms with Crippen molar-refractivity contribution in [2.45, 2.75) is 19.8 Å². The average molecular weight is 273 g/mol. The van der Waals surface area contributed by atoms with Crippen LogP contribution in [-0.4, -0.2) is 34.8 Å². The molecule has 0 amide bonds. The molecule has 0 atom stereocenters. The highest BCUT2D eigenvalue weighted by molar-refractivity contribution is 5.76. The zero-order valence-corrected chi connectivity index (χ0v) is 11.6. The molecule has 1 fully saturated rings. The van der Waals surface area contributed by atoms with Crippen LogP contribution < -0.4 is 10.1 Å². The van der Waals surface area contributed by atoms with Crippen molar-refractivity contribution in [3.05, 3.63) is 23.9 Å². The van der Waals surface area contributed by atoms with Crippen LogP contribution in [0.3, 0.4) is 0 Å². The molecule has 1 aromatic heterocycles. The first-order valence-corrected chi connectivity index (χ1v) is 7.03. The molecule has 0 saturated carbocycles. The zero-order valence-electron chi connectivity index (χ0n) is 11.6. The quantitative estimate of drug-likeness (QED) is 0.895. The molecule has 1 aromatic carbocycles. The Morgan fingerprint density at radius 1 is 1.25 bits per heavy atom. The Morgan fingerprint density at radius 2 is 2.05 bits per heavy atom. The third-order valence-corrected chi connectivity index (χ3v) is 3.69. The minimum atomic E-state index is 0.203. The summed E-state index contributed by atoms with van der Waals surface area (Å²) >= 11 is 0. The van der Waals surface area contributed by atoms with Gasteiger partial charge in [-0.25, -0.2) is 9.97 Å². The number of nitrogens with zero attached hydrogens (tertiary/aromatic N) is 2. The molecule has 1 aliphatic heterocycles. The number of rotatable bonds is 3. The monoisotopic (exact) mass is 273 g/mol. The Kier molecular flexibility index (Phi) is 3.69. The maximum absolute atomic E-state index is 9.46. The lowest BCUT2D eigenvalue weighted by Crippen LogP contribution is -2.30. The number of benzene rings is 1. The number of aromatic hydroxyl groups is 1. The first-order valence-electron chi connectivity index (χ1n) is 7.03. The molecule has 2 heterocycles. The van der Waals surface area contributed by atoms with Crippen LogP contribution in [-0.2, 0) is 0 Å². The zero-order chi connectivity index (χ0) is 13.9. The SMILES string of the molecule is Cc1nc2cc(O)ccc2nc1OCC1CCNCC1. The first kappa shape index (κ1) is 13.1. The molecule has 0 spiro atoms. The molecule has 106 valence electrons. The van der Waals surface area contributed by atoms with Gasteiger partial charge in [0.05, 0.1) is 17.6 Å². The Morgan fingerprint density at radius 3 is 2.85 bits per heavy atom. The van der Waals surface area contributed by atoms with Crippen molar-refractivity contribution >= 4 is 11.0 Å². The summed E-state index contributed by atoms with van der Waals surface area (Å²) in [4.78, 5) is 8.93. The van der Waals surface area contributed by atoms with Crippen LogP contribution in [0.25, 0.3) is 11.0 Å². The van der Waals surface area contributed by atoms with Gasteiger partial charge in [-0.3, -0.25) is 0 Å². The van der Waals surface area contributed by atoms with Gasteiger partial charge in [0.1, 0.15) is 11.4 Å². The van der Waals surface area contributed by atoms with E-state index >= 15 is 0 Å². The summed E-state index contributed by atoms with van der Waals surface area (Å²) in [6, 6.07) is 4.99. The van der Waals surface area contributed by atoms with E-state index in [1.165, 1.54) is 0 Å². The number of phenolic OH excluding ortho intramolecular Hbond substituents is 1. The molecule has 3 rings (SSSR count). The Hall–Kier alpha value is -1.88. The van der Waals surface area contributed by atoms with Crippen LogP contribution in [0.4, 0.5) is 0 Å². The molecule has 2 aromatic rings. The van der Waals surface area contributed by atoms with Crippen molar-refractivity contribution in [1.82, 2.24) is 15.3 Å². The summed E-state index contributed by atoms with van der Waals surface area (Å²) in [5, 5.41) is 12.8. The average Bonchev–Trinajstić information content (AvgIpc) is 2.46. The van der Waals surface area contributed by atoms with Crippen LogP contribution in [0.2, 0.25) is 0 Å². The van der Waals surface area contributed by atoms with Gasteiger partial charge in [-0.15, -0.1) is 0 Å². The number of hydrogen-bond donors (Lipinski definition) is 2. The summed E-state index contributed by atoms with van der Waals surface area (Å²) in [7, 11) is 0. The van der Waals surface area contributed by atoms with E-state index in [1.54, 1.807) is 18.2 Å². The minimum absolute atomic E-state index is 0.203. The molecule has 0 unspecified atom stereocenters. The molecule has 1 aliphatic rings. The van der Waals surface area contributed by atoms with Crippen LogP contribution in [0, 0.1) is 12.8 Å². The number of ether oxygens (including phenoxy) is 1. The van der Waals surface area contributed by atoms with Crippen molar-refractivity contribution < 1.29 is 9.84 Å². The lowest BCUT2D eigenvalue weighted by Gasteiger charge is -2.22. The van der Waals surface area contributed by atoms with Gasteiger partial charge < -0.3 is 15.2 Å². The fourth-order valence-electron chi connectivity index (χ4n) is 2.50. The molecule has 5 heteroatoms. The number of hydrogen-bond acceptors (Lipinski definition) is 5. The van der Waals surface area contributed by atoms with Gasteiger partial charge in [-0.2, -0.15) is 0 Å². The van der Waals surface area contributed by atoms with Gasteiger partial charge in [0.15, 0.2) is 0 Å². The highest BCUT2D eigenvalue weighted by atomic mass is 16.5. The molecular formula is C15H19N3O2. The number of phenols is 1. The predicted octanol–water partition coefficient (Wildman–Crippen LogP) is 2.02. The summed E-state index contributed by atoms with van der Waals surface area (Å²) in [5.74, 6) is 1.39. The predicted molar refractivity (Wildman–Crippen MR) is 77.0 cm³/mol. The highest BCUT2D eigenvalue weighted by Crippen LogP contribution is 2.22. The second-order valence-electron chi connectivity index (χ2n) is 5.29. The van der Waals surface area contributed by atoms with Crippen molar-refractivity contribution in [2.24, 2.45) is 5.92 Å². The van der Waals surface area contributed by atoms with Gasteiger partial charge in [0, 0.05) is 6.07 Å². The molecule has 0 aliphatic carbocycles. The maximum Gasteiger partial charge on any atom is 0.235 e. The lowest BCUT2D eigenvalue weighted by atomic mass is 9.99. The Labute approximate surface area is 118 Å². The van der Waals surface area contributed by atoms with Crippen molar-refractivity contribution in [1.29, 1.82) is 0 Å². The molecular weight excluding hydrogens is 254 g/mol. The Balaban J connectivity index is 1.77. The van der Waals surface area contributed by atoms with Gasteiger partial charge in [0.2, 0.25) is 5.88 Å². The van der Waals surface area contributed by atoms with Crippen LogP contribution in [0.5, 0.6) is 11.6 Å². The molecule has 0 bridgehead atoms. The van der Waals surface area contributed by atoms with E-state index in [9.17, 15) is 5.11 Å². The lowest BCUT2D eigenvalue weighted by molar-refractivity contribution is 0.207. The molecule has 1 saturated heterocycles. The van der Waals surface area contributed by atoms with Gasteiger partial charge >= 0.3 is 0 Å². The largest absolute Gasteiger partial charge is 0.508 e. The topological polar surface area (TPSA) is 67.3 Å².